The van der Waals surface area contributed by atoms with Crippen LogP contribution in [0.1, 0.15) is 77.3 Å². The maximum Gasteiger partial charge on any atom is 0.345 e. The normalized spacial score (nSPS) is 14.7. The van der Waals surface area contributed by atoms with Crippen molar-refractivity contribution in [3.8, 4) is 5.75 Å². The molecule has 1 aromatic rings. The van der Waals surface area contributed by atoms with Crippen LogP contribution in [0.3, 0.4) is 0 Å². The van der Waals surface area contributed by atoms with Crippen molar-refractivity contribution in [2.45, 2.75) is 79.7 Å². The predicted octanol–water partition coefficient (Wildman–Crippen LogP) is 4.72. The van der Waals surface area contributed by atoms with Gasteiger partial charge in [0.25, 0.3) is 0 Å². The minimum absolute atomic E-state index is 0.203. The highest BCUT2D eigenvalue weighted by Crippen LogP contribution is 2.23. The average Bonchev–Trinajstić information content (AvgIpc) is 2.82. The van der Waals surface area contributed by atoms with Crippen molar-refractivity contribution in [3.05, 3.63) is 29.3 Å². The summed E-state index contributed by atoms with van der Waals surface area (Å²) >= 11 is 0. The van der Waals surface area contributed by atoms with E-state index in [0.717, 1.165) is 56.5 Å². The van der Waals surface area contributed by atoms with Crippen molar-refractivity contribution < 1.29 is 14.3 Å². The van der Waals surface area contributed by atoms with Gasteiger partial charge in [-0.25, -0.2) is 4.79 Å². The van der Waals surface area contributed by atoms with Gasteiger partial charge in [-0.2, -0.15) is 4.99 Å². The number of ether oxygens (including phenoxy) is 1. The molecule has 1 aromatic carbocycles. The standard InChI is InChI=1S/C22H36N4O2.C6H13NO/c1-16-14-19(8-7-18(16)15-23)28-13-5-6-17-9-11-26(12-10-17)21(27)25-20(24)22(2,3)4;1-4-5-6(8)7(2)3/h7-8,14,17H,5-6,9-13,15,23H2,1-4H3,(H2,24,25,27);4-5H2,1-3H3. The fourth-order valence-electron chi connectivity index (χ4n) is 3.74. The van der Waals surface area contributed by atoms with Crippen LogP contribution in [0.25, 0.3) is 0 Å². The third-order valence-electron chi connectivity index (χ3n) is 6.39. The van der Waals surface area contributed by atoms with Gasteiger partial charge >= 0.3 is 6.03 Å². The zero-order chi connectivity index (χ0) is 27.3. The Labute approximate surface area is 218 Å². The molecule has 0 spiro atoms. The number of amidine groups is 1. The molecule has 36 heavy (non-hydrogen) atoms. The number of carbonyl (C=O) groups is 2. The molecule has 0 saturated carbocycles. The van der Waals surface area contributed by atoms with E-state index >= 15 is 0 Å². The van der Waals surface area contributed by atoms with Crippen molar-refractivity contribution >= 4 is 17.8 Å². The molecule has 1 saturated heterocycles. The van der Waals surface area contributed by atoms with Gasteiger partial charge in [-0.05, 0) is 68.2 Å². The molecule has 1 aliphatic heterocycles. The van der Waals surface area contributed by atoms with Crippen molar-refractivity contribution in [2.24, 2.45) is 27.8 Å². The topological polar surface area (TPSA) is 114 Å². The summed E-state index contributed by atoms with van der Waals surface area (Å²) in [5.41, 5.74) is 13.7. The van der Waals surface area contributed by atoms with Crippen LogP contribution >= 0.6 is 0 Å². The third-order valence-corrected chi connectivity index (χ3v) is 6.39. The zero-order valence-electron chi connectivity index (χ0n) is 23.6. The molecule has 0 aliphatic carbocycles. The van der Waals surface area contributed by atoms with E-state index in [9.17, 15) is 9.59 Å². The summed E-state index contributed by atoms with van der Waals surface area (Å²) in [6, 6.07) is 5.87. The number of benzene rings is 1. The maximum absolute atomic E-state index is 12.3. The van der Waals surface area contributed by atoms with E-state index in [1.807, 2.05) is 44.7 Å². The third kappa shape index (κ3) is 11.4. The minimum Gasteiger partial charge on any atom is -0.494 e. The second-order valence-corrected chi connectivity index (χ2v) is 10.8. The lowest BCUT2D eigenvalue weighted by Gasteiger charge is -2.31. The lowest BCUT2D eigenvalue weighted by atomic mass is 9.92. The number of aliphatic imine (C=N–C) groups is 1. The number of hydrogen-bond donors (Lipinski definition) is 2. The molecule has 0 bridgehead atoms. The van der Waals surface area contributed by atoms with Crippen LogP contribution < -0.4 is 16.2 Å². The Balaban J connectivity index is 0.000000697. The number of hydrogen-bond acceptors (Lipinski definition) is 4. The number of urea groups is 1. The van der Waals surface area contributed by atoms with Crippen molar-refractivity contribution in [2.75, 3.05) is 33.8 Å². The number of piperidine rings is 1. The number of rotatable bonds is 8. The molecule has 0 aromatic heterocycles. The van der Waals surface area contributed by atoms with E-state index < -0.39 is 0 Å². The van der Waals surface area contributed by atoms with Gasteiger partial charge in [-0.15, -0.1) is 0 Å². The van der Waals surface area contributed by atoms with Crippen molar-refractivity contribution in [1.29, 1.82) is 0 Å². The largest absolute Gasteiger partial charge is 0.494 e. The van der Waals surface area contributed by atoms with E-state index in [1.165, 1.54) is 5.56 Å². The summed E-state index contributed by atoms with van der Waals surface area (Å²) in [5.74, 6) is 2.15. The summed E-state index contributed by atoms with van der Waals surface area (Å²) in [7, 11) is 3.55. The van der Waals surface area contributed by atoms with Crippen LogP contribution in [0.5, 0.6) is 5.75 Å². The van der Waals surface area contributed by atoms with E-state index in [4.69, 9.17) is 16.2 Å². The molecule has 1 aliphatic rings. The van der Waals surface area contributed by atoms with Gasteiger partial charge in [0.05, 0.1) is 6.61 Å². The second-order valence-electron chi connectivity index (χ2n) is 10.8. The number of likely N-dealkylation sites (tertiary alicyclic amines) is 1. The predicted molar refractivity (Wildman–Crippen MR) is 148 cm³/mol. The summed E-state index contributed by atoms with van der Waals surface area (Å²) in [4.78, 5) is 30.5. The highest BCUT2D eigenvalue weighted by atomic mass is 16.5. The number of aryl methyl sites for hydroxylation is 1. The second kappa shape index (κ2) is 15.5. The molecule has 1 heterocycles. The van der Waals surface area contributed by atoms with Crippen LogP contribution in [0.2, 0.25) is 0 Å². The molecular formula is C28H49N5O3. The average molecular weight is 504 g/mol. The first-order valence-corrected chi connectivity index (χ1v) is 13.1. The van der Waals surface area contributed by atoms with Crippen LogP contribution in [-0.2, 0) is 11.3 Å². The quantitative estimate of drug-likeness (QED) is 0.303. The van der Waals surface area contributed by atoms with Crippen LogP contribution in [0.15, 0.2) is 23.2 Å². The van der Waals surface area contributed by atoms with Gasteiger partial charge in [-0.3, -0.25) is 4.79 Å². The van der Waals surface area contributed by atoms with Gasteiger partial charge in [0.2, 0.25) is 5.91 Å². The van der Waals surface area contributed by atoms with Crippen LogP contribution in [0.4, 0.5) is 4.79 Å². The molecule has 0 atom stereocenters. The minimum atomic E-state index is -0.281. The first-order chi connectivity index (χ1) is 16.9. The van der Waals surface area contributed by atoms with Gasteiger partial charge in [-0.1, -0.05) is 33.8 Å². The molecule has 0 radical (unpaired) electrons. The Bertz CT molecular complexity index is 853. The van der Waals surface area contributed by atoms with Gasteiger partial charge in [0.15, 0.2) is 0 Å². The molecule has 4 N–H and O–H groups in total. The van der Waals surface area contributed by atoms with Gasteiger partial charge in [0, 0.05) is 45.6 Å². The van der Waals surface area contributed by atoms with E-state index in [1.54, 1.807) is 19.0 Å². The van der Waals surface area contributed by atoms with Crippen molar-refractivity contribution in [1.82, 2.24) is 9.80 Å². The van der Waals surface area contributed by atoms with E-state index in [2.05, 4.69) is 18.0 Å². The maximum atomic E-state index is 12.3. The summed E-state index contributed by atoms with van der Waals surface area (Å²) in [6.45, 7) is 12.7. The molecule has 8 heteroatoms. The van der Waals surface area contributed by atoms with Gasteiger partial charge < -0.3 is 26.0 Å². The Hall–Kier alpha value is -2.61. The lowest BCUT2D eigenvalue weighted by molar-refractivity contribution is -0.128. The molecule has 3 amide bonds. The number of carbonyl (C=O) groups excluding carboxylic acids is 2. The Morgan fingerprint density at radius 3 is 2.31 bits per heavy atom. The van der Waals surface area contributed by atoms with Crippen LogP contribution in [-0.4, -0.2) is 61.4 Å². The Morgan fingerprint density at radius 2 is 1.83 bits per heavy atom. The molecule has 1 fully saturated rings. The molecule has 2 rings (SSSR count). The lowest BCUT2D eigenvalue weighted by Crippen LogP contribution is -2.39. The summed E-state index contributed by atoms with van der Waals surface area (Å²) in [5, 5.41) is 0. The van der Waals surface area contributed by atoms with Crippen LogP contribution in [0, 0.1) is 18.3 Å². The fourth-order valence-corrected chi connectivity index (χ4v) is 3.74. The van der Waals surface area contributed by atoms with E-state index in [0.29, 0.717) is 31.3 Å². The zero-order valence-corrected chi connectivity index (χ0v) is 23.6. The SMILES string of the molecule is CCCC(=O)N(C)C.Cc1cc(OCCCC2CCN(C(=O)/N=C(\N)C(C)(C)C)CC2)ccc1CN. The Kier molecular flexibility index (Phi) is 13.5. The highest BCUT2D eigenvalue weighted by Gasteiger charge is 2.24. The van der Waals surface area contributed by atoms with Gasteiger partial charge in [0.1, 0.15) is 11.6 Å². The monoisotopic (exact) mass is 503 g/mol. The number of nitrogens with two attached hydrogens (primary N) is 2. The summed E-state index contributed by atoms with van der Waals surface area (Å²) < 4.78 is 5.88. The van der Waals surface area contributed by atoms with Crippen molar-refractivity contribution in [3.63, 3.8) is 0 Å². The Morgan fingerprint density at radius 1 is 1.19 bits per heavy atom. The van der Waals surface area contributed by atoms with E-state index in [-0.39, 0.29) is 17.4 Å². The number of amides is 3. The molecule has 0 unspecified atom stereocenters. The molecule has 8 nitrogen and oxygen atoms in total. The highest BCUT2D eigenvalue weighted by molar-refractivity contribution is 5.95. The first-order valence-electron chi connectivity index (χ1n) is 13.1. The molecule has 204 valence electrons. The fraction of sp³-hybridized carbons (Fsp3) is 0.679. The summed E-state index contributed by atoms with van der Waals surface area (Å²) in [6.07, 6.45) is 5.78. The first kappa shape index (κ1) is 31.4. The smallest absolute Gasteiger partial charge is 0.345 e. The molecular weight excluding hydrogens is 454 g/mol. The number of nitrogens with zero attached hydrogens (tertiary/aromatic N) is 3.